The molecule has 4 rings (SSSR count). The van der Waals surface area contributed by atoms with Gasteiger partial charge < -0.3 is 9.64 Å². The van der Waals surface area contributed by atoms with Crippen molar-refractivity contribution in [2.24, 2.45) is 5.84 Å². The molecule has 0 unspecified atom stereocenters. The summed E-state index contributed by atoms with van der Waals surface area (Å²) in [4.78, 5) is 32.2. The number of pyridine rings is 1. The second-order valence-corrected chi connectivity index (χ2v) is 8.60. The van der Waals surface area contributed by atoms with Gasteiger partial charge in [-0.1, -0.05) is 24.3 Å². The van der Waals surface area contributed by atoms with Gasteiger partial charge in [-0.2, -0.15) is 0 Å². The summed E-state index contributed by atoms with van der Waals surface area (Å²) in [5, 5.41) is 5.77. The van der Waals surface area contributed by atoms with E-state index in [0.29, 0.717) is 23.5 Å². The van der Waals surface area contributed by atoms with E-state index in [-0.39, 0.29) is 12.5 Å². The number of hydrazine groups is 1. The Morgan fingerprint density at radius 2 is 1.86 bits per heavy atom. The number of nitrogens with zero attached hydrogens (tertiary/aromatic N) is 3. The van der Waals surface area contributed by atoms with E-state index in [2.05, 4.69) is 10.3 Å². The third kappa shape index (κ3) is 6.23. The topological polar surface area (TPSA) is 101 Å². The molecule has 0 saturated heterocycles. The molecule has 0 bridgehead atoms. The lowest BCUT2D eigenvalue weighted by Crippen LogP contribution is -2.37. The van der Waals surface area contributed by atoms with Crippen LogP contribution in [0.3, 0.4) is 0 Å². The van der Waals surface area contributed by atoms with Crippen LogP contribution < -0.4 is 21.1 Å². The first-order chi connectivity index (χ1) is 17.0. The number of amides is 2. The van der Waals surface area contributed by atoms with Crippen LogP contribution in [0.15, 0.2) is 90.4 Å². The minimum atomic E-state index is -0.579. The minimum Gasteiger partial charge on any atom is -0.447 e. The van der Waals surface area contributed by atoms with Gasteiger partial charge in [0.15, 0.2) is 0 Å². The molecule has 35 heavy (non-hydrogen) atoms. The lowest BCUT2D eigenvalue weighted by Gasteiger charge is -2.18. The molecule has 0 aliphatic rings. The molecule has 2 amide bonds. The summed E-state index contributed by atoms with van der Waals surface area (Å²) in [7, 11) is 1.87. The third-order valence-corrected chi connectivity index (χ3v) is 6.15. The Bertz CT molecular complexity index is 1260. The molecule has 0 atom stereocenters. The SMILES string of the molecule is CN(CCOC(=O)Nc1ccc(C(=O)N(N)c2cccc(-c3cccs3)c2)cc1)c1ccccn1. The van der Waals surface area contributed by atoms with Crippen molar-refractivity contribution < 1.29 is 14.3 Å². The van der Waals surface area contributed by atoms with Crippen molar-refractivity contribution in [3.8, 4) is 10.4 Å². The maximum absolute atomic E-state index is 12.9. The Labute approximate surface area is 207 Å². The molecule has 0 aliphatic heterocycles. The van der Waals surface area contributed by atoms with E-state index in [4.69, 9.17) is 10.6 Å². The molecule has 0 spiro atoms. The Hall–Kier alpha value is -4.21. The van der Waals surface area contributed by atoms with Crippen molar-refractivity contribution in [2.75, 3.05) is 35.4 Å². The van der Waals surface area contributed by atoms with Crippen LogP contribution in [0, 0.1) is 0 Å². The summed E-state index contributed by atoms with van der Waals surface area (Å²) in [5.74, 6) is 6.56. The van der Waals surface area contributed by atoms with Crippen molar-refractivity contribution in [3.05, 3.63) is 96.0 Å². The number of rotatable bonds is 8. The minimum absolute atomic E-state index is 0.197. The third-order valence-electron chi connectivity index (χ3n) is 5.23. The first-order valence-electron chi connectivity index (χ1n) is 10.9. The van der Waals surface area contributed by atoms with Crippen LogP contribution in [0.2, 0.25) is 0 Å². The van der Waals surface area contributed by atoms with Crippen LogP contribution in [-0.2, 0) is 4.74 Å². The van der Waals surface area contributed by atoms with Gasteiger partial charge in [0.05, 0.1) is 12.2 Å². The van der Waals surface area contributed by atoms with Gasteiger partial charge in [-0.3, -0.25) is 10.1 Å². The van der Waals surface area contributed by atoms with Gasteiger partial charge in [-0.25, -0.2) is 20.6 Å². The van der Waals surface area contributed by atoms with Crippen LogP contribution in [0.1, 0.15) is 10.4 Å². The second-order valence-electron chi connectivity index (χ2n) is 7.65. The largest absolute Gasteiger partial charge is 0.447 e. The number of likely N-dealkylation sites (N-methyl/N-ethyl adjacent to an activating group) is 1. The fraction of sp³-hybridized carbons (Fsp3) is 0.115. The van der Waals surface area contributed by atoms with E-state index in [9.17, 15) is 9.59 Å². The molecule has 2 aromatic carbocycles. The summed E-state index contributed by atoms with van der Waals surface area (Å²) in [6.45, 7) is 0.694. The standard InChI is InChI=1S/C26H25N5O3S/c1-30(24-9-2-3-14-28-24)15-16-34-26(33)29-21-12-10-19(11-13-21)25(32)31(27)22-7-4-6-20(18-22)23-8-5-17-35-23/h2-14,17-18H,15-16,27H2,1H3,(H,29,33). The number of hydrogen-bond acceptors (Lipinski definition) is 7. The smallest absolute Gasteiger partial charge is 0.411 e. The van der Waals surface area contributed by atoms with Crippen LogP contribution >= 0.6 is 11.3 Å². The summed E-state index contributed by atoms with van der Waals surface area (Å²) in [5.41, 5.74) is 2.48. The molecule has 0 aliphatic carbocycles. The number of hydrogen-bond donors (Lipinski definition) is 2. The zero-order valence-corrected chi connectivity index (χ0v) is 19.9. The predicted octanol–water partition coefficient (Wildman–Crippen LogP) is 5.02. The van der Waals surface area contributed by atoms with Gasteiger partial charge in [0.2, 0.25) is 0 Å². The van der Waals surface area contributed by atoms with Crippen molar-refractivity contribution in [3.63, 3.8) is 0 Å². The van der Waals surface area contributed by atoms with E-state index in [1.54, 1.807) is 47.9 Å². The number of aromatic nitrogens is 1. The summed E-state index contributed by atoms with van der Waals surface area (Å²) in [6, 6.07) is 23.6. The zero-order chi connectivity index (χ0) is 24.6. The molecule has 178 valence electrons. The normalized spacial score (nSPS) is 10.5. The average molecular weight is 488 g/mol. The predicted molar refractivity (Wildman–Crippen MR) is 140 cm³/mol. The second kappa shape index (κ2) is 11.3. The van der Waals surface area contributed by atoms with Crippen molar-refractivity contribution >= 4 is 40.5 Å². The van der Waals surface area contributed by atoms with Crippen LogP contribution in [0.5, 0.6) is 0 Å². The number of carbonyl (C=O) groups is 2. The van der Waals surface area contributed by atoms with E-state index in [1.165, 1.54) is 0 Å². The van der Waals surface area contributed by atoms with Crippen molar-refractivity contribution in [1.82, 2.24) is 4.98 Å². The highest BCUT2D eigenvalue weighted by Crippen LogP contribution is 2.28. The number of thiophene rings is 1. The Kier molecular flexibility index (Phi) is 7.71. The number of benzene rings is 2. The molecule has 9 heteroatoms. The molecule has 4 aromatic rings. The molecule has 2 heterocycles. The van der Waals surface area contributed by atoms with Gasteiger partial charge in [-0.15, -0.1) is 11.3 Å². The Morgan fingerprint density at radius 1 is 1.03 bits per heavy atom. The van der Waals surface area contributed by atoms with Crippen molar-refractivity contribution in [2.45, 2.75) is 0 Å². The summed E-state index contributed by atoms with van der Waals surface area (Å²) < 4.78 is 5.24. The van der Waals surface area contributed by atoms with Gasteiger partial charge in [0.1, 0.15) is 12.4 Å². The highest BCUT2D eigenvalue weighted by atomic mass is 32.1. The Morgan fingerprint density at radius 3 is 2.57 bits per heavy atom. The fourth-order valence-corrected chi connectivity index (χ4v) is 4.05. The molecule has 3 N–H and O–H groups in total. The number of ether oxygens (including phenoxy) is 1. The molecular formula is C26H25N5O3S. The van der Waals surface area contributed by atoms with Gasteiger partial charge in [0, 0.05) is 29.4 Å². The molecule has 0 fully saturated rings. The Balaban J connectivity index is 1.30. The monoisotopic (exact) mass is 487 g/mol. The summed E-state index contributed by atoms with van der Waals surface area (Å²) in [6.07, 6.45) is 1.13. The molecule has 2 aromatic heterocycles. The van der Waals surface area contributed by atoms with Crippen LogP contribution in [0.4, 0.5) is 22.0 Å². The number of nitrogens with one attached hydrogen (secondary N) is 1. The van der Waals surface area contributed by atoms with Gasteiger partial charge in [0.25, 0.3) is 5.91 Å². The first kappa shape index (κ1) is 23.9. The number of nitrogens with two attached hydrogens (primary N) is 1. The molecule has 0 radical (unpaired) electrons. The van der Waals surface area contributed by atoms with Crippen LogP contribution in [0.25, 0.3) is 10.4 Å². The van der Waals surface area contributed by atoms with E-state index in [0.717, 1.165) is 21.3 Å². The van der Waals surface area contributed by atoms with E-state index >= 15 is 0 Å². The highest BCUT2D eigenvalue weighted by molar-refractivity contribution is 7.13. The van der Waals surface area contributed by atoms with Crippen LogP contribution in [-0.4, -0.2) is 37.2 Å². The molecular weight excluding hydrogens is 462 g/mol. The lowest BCUT2D eigenvalue weighted by atomic mass is 10.1. The van der Waals surface area contributed by atoms with E-state index in [1.807, 2.05) is 65.9 Å². The zero-order valence-electron chi connectivity index (χ0n) is 19.1. The maximum atomic E-state index is 12.9. The molecule has 8 nitrogen and oxygen atoms in total. The molecule has 0 saturated carbocycles. The summed E-state index contributed by atoms with van der Waals surface area (Å²) >= 11 is 1.62. The first-order valence-corrected chi connectivity index (χ1v) is 11.8. The lowest BCUT2D eigenvalue weighted by molar-refractivity contribution is 0.0987. The van der Waals surface area contributed by atoms with Crippen molar-refractivity contribution in [1.29, 1.82) is 0 Å². The highest BCUT2D eigenvalue weighted by Gasteiger charge is 2.15. The average Bonchev–Trinajstić information content (AvgIpc) is 3.44. The van der Waals surface area contributed by atoms with Gasteiger partial charge >= 0.3 is 6.09 Å². The number of anilines is 3. The quantitative estimate of drug-likeness (QED) is 0.206. The fourth-order valence-electron chi connectivity index (χ4n) is 3.33. The van der Waals surface area contributed by atoms with Gasteiger partial charge in [-0.05, 0) is 65.5 Å². The van der Waals surface area contributed by atoms with E-state index < -0.39 is 6.09 Å². The number of carbonyl (C=O) groups excluding carboxylic acids is 2. The maximum Gasteiger partial charge on any atom is 0.411 e.